The summed E-state index contributed by atoms with van der Waals surface area (Å²) in [5, 5.41) is 8.80. The van der Waals surface area contributed by atoms with Gasteiger partial charge in [0.25, 0.3) is 5.56 Å². The Morgan fingerprint density at radius 1 is 1.12 bits per heavy atom. The van der Waals surface area contributed by atoms with Gasteiger partial charge in [0.15, 0.2) is 5.82 Å². The molecule has 0 radical (unpaired) electrons. The molecule has 0 atom stereocenters. The minimum absolute atomic E-state index is 0.0901. The number of hydrogen-bond donors (Lipinski definition) is 0. The maximum atomic E-state index is 12.0. The van der Waals surface area contributed by atoms with Crippen molar-refractivity contribution in [1.29, 1.82) is 0 Å². The van der Waals surface area contributed by atoms with E-state index in [9.17, 15) is 4.79 Å². The molecule has 3 rings (SSSR count). The number of hydrogen-bond acceptors (Lipinski definition) is 5. The number of rotatable bonds is 5. The average Bonchev–Trinajstić information content (AvgIpc) is 3.11. The topological polar surface area (TPSA) is 73.8 Å². The summed E-state index contributed by atoms with van der Waals surface area (Å²) < 4.78 is 6.38. The third-order valence-corrected chi connectivity index (χ3v) is 4.22. The maximum Gasteiger partial charge on any atom is 0.286 e. The van der Waals surface area contributed by atoms with Crippen molar-refractivity contribution in [2.45, 2.75) is 40.2 Å². The van der Waals surface area contributed by atoms with Crippen LogP contribution in [0.15, 0.2) is 39.8 Å². The van der Waals surface area contributed by atoms with E-state index in [-0.39, 0.29) is 17.1 Å². The quantitative estimate of drug-likeness (QED) is 0.650. The molecule has 26 heavy (non-hydrogen) atoms. The van der Waals surface area contributed by atoms with Crippen molar-refractivity contribution < 1.29 is 4.52 Å². The Kier molecular flexibility index (Phi) is 7.36. The largest absolute Gasteiger partial charge is 0.337 e. The van der Waals surface area contributed by atoms with E-state index in [1.165, 1.54) is 10.9 Å². The molecule has 0 bridgehead atoms. The van der Waals surface area contributed by atoms with E-state index in [2.05, 4.69) is 15.2 Å². The van der Waals surface area contributed by atoms with Crippen LogP contribution >= 0.6 is 23.2 Å². The predicted octanol–water partition coefficient (Wildman–Crippen LogP) is 4.10. The van der Waals surface area contributed by atoms with Crippen molar-refractivity contribution in [2.75, 3.05) is 0 Å². The van der Waals surface area contributed by atoms with Gasteiger partial charge in [-0.15, -0.1) is 0 Å². The Bertz CT molecular complexity index is 904. The van der Waals surface area contributed by atoms with Crippen molar-refractivity contribution in [3.05, 3.63) is 73.7 Å². The van der Waals surface area contributed by atoms with Gasteiger partial charge in [0.05, 0.1) is 6.20 Å². The average molecular weight is 395 g/mol. The van der Waals surface area contributed by atoms with Gasteiger partial charge in [-0.05, 0) is 36.6 Å². The summed E-state index contributed by atoms with van der Waals surface area (Å²) in [6.45, 7) is 5.81. The number of benzene rings is 1. The monoisotopic (exact) mass is 394 g/mol. The highest BCUT2D eigenvalue weighted by molar-refractivity contribution is 6.31. The number of aryl methyl sites for hydroxylation is 3. The van der Waals surface area contributed by atoms with Crippen molar-refractivity contribution in [1.82, 2.24) is 19.9 Å². The predicted molar refractivity (Wildman–Crippen MR) is 102 cm³/mol. The van der Waals surface area contributed by atoms with E-state index in [1.54, 1.807) is 6.92 Å². The SMILES string of the molecule is CC.Cc1cnn(Cc2nc(CCc3ccc(Cl)cc3)no2)c(=O)c1Cl. The summed E-state index contributed by atoms with van der Waals surface area (Å²) in [5.74, 6) is 0.891. The Balaban J connectivity index is 0.00000117. The first kappa shape index (κ1) is 20.1. The van der Waals surface area contributed by atoms with E-state index in [4.69, 9.17) is 27.7 Å². The molecular formula is C18H20Cl2N4O2. The van der Waals surface area contributed by atoms with Gasteiger partial charge in [0.1, 0.15) is 11.6 Å². The van der Waals surface area contributed by atoms with Crippen molar-refractivity contribution in [2.24, 2.45) is 0 Å². The van der Waals surface area contributed by atoms with Gasteiger partial charge >= 0.3 is 0 Å². The molecule has 3 aromatic rings. The summed E-state index contributed by atoms with van der Waals surface area (Å²) in [4.78, 5) is 16.3. The molecule has 138 valence electrons. The van der Waals surface area contributed by atoms with E-state index in [0.29, 0.717) is 28.7 Å². The molecule has 0 spiro atoms. The van der Waals surface area contributed by atoms with Crippen LogP contribution in [0.4, 0.5) is 0 Å². The molecule has 0 aliphatic heterocycles. The number of halogens is 2. The molecule has 0 saturated heterocycles. The smallest absolute Gasteiger partial charge is 0.286 e. The van der Waals surface area contributed by atoms with Crippen LogP contribution in [0.3, 0.4) is 0 Å². The van der Waals surface area contributed by atoms with Gasteiger partial charge in [-0.3, -0.25) is 4.79 Å². The van der Waals surface area contributed by atoms with Crippen LogP contribution < -0.4 is 5.56 Å². The maximum absolute atomic E-state index is 12.0. The Hall–Kier alpha value is -2.18. The van der Waals surface area contributed by atoms with Gasteiger partial charge < -0.3 is 4.52 Å². The van der Waals surface area contributed by atoms with Crippen LogP contribution in [-0.2, 0) is 19.4 Å². The molecule has 0 aliphatic rings. The van der Waals surface area contributed by atoms with Crippen LogP contribution in [-0.4, -0.2) is 19.9 Å². The fourth-order valence-corrected chi connectivity index (χ4v) is 2.42. The Labute approximate surface area is 161 Å². The molecule has 8 heteroatoms. The van der Waals surface area contributed by atoms with Crippen LogP contribution in [0.25, 0.3) is 0 Å². The molecule has 0 aliphatic carbocycles. The lowest BCUT2D eigenvalue weighted by atomic mass is 10.1. The third-order valence-electron chi connectivity index (χ3n) is 3.50. The van der Waals surface area contributed by atoms with Crippen molar-refractivity contribution in [3.8, 4) is 0 Å². The van der Waals surface area contributed by atoms with E-state index >= 15 is 0 Å². The first-order valence-electron chi connectivity index (χ1n) is 8.31. The summed E-state index contributed by atoms with van der Waals surface area (Å²) in [6, 6.07) is 7.61. The van der Waals surface area contributed by atoms with E-state index in [1.807, 2.05) is 38.1 Å². The molecule has 2 heterocycles. The lowest BCUT2D eigenvalue weighted by molar-refractivity contribution is 0.358. The minimum Gasteiger partial charge on any atom is -0.337 e. The van der Waals surface area contributed by atoms with Crippen LogP contribution in [0.1, 0.15) is 36.7 Å². The molecule has 6 nitrogen and oxygen atoms in total. The third kappa shape index (κ3) is 5.16. The Morgan fingerprint density at radius 2 is 1.81 bits per heavy atom. The normalized spacial score (nSPS) is 10.3. The lowest BCUT2D eigenvalue weighted by Gasteiger charge is -2.02. The minimum atomic E-state index is -0.377. The zero-order chi connectivity index (χ0) is 19.1. The second-order valence-corrected chi connectivity index (χ2v) is 6.15. The first-order chi connectivity index (χ1) is 12.5. The summed E-state index contributed by atoms with van der Waals surface area (Å²) in [7, 11) is 0. The van der Waals surface area contributed by atoms with Gasteiger partial charge in [-0.25, -0.2) is 4.68 Å². The second-order valence-electron chi connectivity index (χ2n) is 5.34. The van der Waals surface area contributed by atoms with Gasteiger partial charge in [-0.1, -0.05) is 54.3 Å². The summed E-state index contributed by atoms with van der Waals surface area (Å²) in [6.07, 6.45) is 2.92. The van der Waals surface area contributed by atoms with E-state index in [0.717, 1.165) is 12.0 Å². The van der Waals surface area contributed by atoms with Crippen LogP contribution in [0.2, 0.25) is 10.0 Å². The van der Waals surface area contributed by atoms with Crippen LogP contribution in [0.5, 0.6) is 0 Å². The molecule has 0 fully saturated rings. The molecule has 0 unspecified atom stereocenters. The van der Waals surface area contributed by atoms with E-state index < -0.39 is 0 Å². The van der Waals surface area contributed by atoms with Crippen LogP contribution in [0, 0.1) is 6.92 Å². The zero-order valence-electron chi connectivity index (χ0n) is 14.9. The zero-order valence-corrected chi connectivity index (χ0v) is 16.4. The van der Waals surface area contributed by atoms with Gasteiger partial charge in [0, 0.05) is 11.4 Å². The second kappa shape index (κ2) is 9.50. The fraction of sp³-hybridized carbons (Fsp3) is 0.333. The Morgan fingerprint density at radius 3 is 2.50 bits per heavy atom. The fourth-order valence-electron chi connectivity index (χ4n) is 2.15. The summed E-state index contributed by atoms with van der Waals surface area (Å²) in [5.41, 5.74) is 1.39. The standard InChI is InChI=1S/C16H14Cl2N4O2.C2H6/c1-10-8-19-22(16(23)15(10)18)9-14-20-13(21-24-14)7-4-11-2-5-12(17)6-3-11;1-2/h2-3,5-6,8H,4,7,9H2,1H3;1-2H3. The molecule has 0 saturated carbocycles. The molecule has 1 aromatic carbocycles. The molecule has 2 aromatic heterocycles. The lowest BCUT2D eigenvalue weighted by Crippen LogP contribution is -2.24. The van der Waals surface area contributed by atoms with Gasteiger partial charge in [-0.2, -0.15) is 10.1 Å². The highest BCUT2D eigenvalue weighted by Gasteiger charge is 2.11. The molecule has 0 amide bonds. The molecular weight excluding hydrogens is 375 g/mol. The van der Waals surface area contributed by atoms with Crippen molar-refractivity contribution >= 4 is 23.2 Å². The first-order valence-corrected chi connectivity index (χ1v) is 9.06. The van der Waals surface area contributed by atoms with Gasteiger partial charge in [0.2, 0.25) is 5.89 Å². The highest BCUT2D eigenvalue weighted by atomic mass is 35.5. The molecule has 0 N–H and O–H groups in total. The van der Waals surface area contributed by atoms with Crippen molar-refractivity contribution in [3.63, 3.8) is 0 Å². The summed E-state index contributed by atoms with van der Waals surface area (Å²) >= 11 is 11.8. The number of aromatic nitrogens is 4. The highest BCUT2D eigenvalue weighted by Crippen LogP contribution is 2.12. The number of nitrogens with zero attached hydrogens (tertiary/aromatic N) is 4.